The second kappa shape index (κ2) is 7.73. The summed E-state index contributed by atoms with van der Waals surface area (Å²) in [5.74, 6) is 0. The molecule has 0 nitrogen and oxygen atoms in total. The van der Waals surface area contributed by atoms with Crippen LogP contribution in [0.1, 0.15) is 60.1 Å². The van der Waals surface area contributed by atoms with Gasteiger partial charge in [0.25, 0.3) is 0 Å². The molecule has 0 aromatic heterocycles. The summed E-state index contributed by atoms with van der Waals surface area (Å²) in [4.78, 5) is 0. The van der Waals surface area contributed by atoms with Gasteiger partial charge in [-0.05, 0) is 138 Å². The number of allylic oxidation sites excluding steroid dienone is 2. The zero-order chi connectivity index (χ0) is 26.7. The molecular formula is C40H32. The van der Waals surface area contributed by atoms with Crippen LogP contribution >= 0.6 is 0 Å². The molecule has 0 saturated heterocycles. The second-order valence-corrected chi connectivity index (χ2v) is 12.7. The third kappa shape index (κ3) is 2.77. The summed E-state index contributed by atoms with van der Waals surface area (Å²) in [6.45, 7) is 7.11. The average Bonchev–Trinajstić information content (AvgIpc) is 3.22. The van der Waals surface area contributed by atoms with E-state index >= 15 is 0 Å². The topological polar surface area (TPSA) is 0 Å². The number of fused-ring (bicyclic) bond motifs is 5. The molecule has 0 heteroatoms. The van der Waals surface area contributed by atoms with Crippen molar-refractivity contribution in [3.63, 3.8) is 0 Å². The highest BCUT2D eigenvalue weighted by Gasteiger charge is 2.36. The summed E-state index contributed by atoms with van der Waals surface area (Å²) < 4.78 is 0. The lowest BCUT2D eigenvalue weighted by molar-refractivity contribution is 0.661. The van der Waals surface area contributed by atoms with Gasteiger partial charge in [0.05, 0.1) is 0 Å². The van der Waals surface area contributed by atoms with Crippen molar-refractivity contribution in [2.45, 2.75) is 51.9 Å². The molecule has 0 atom stereocenters. The summed E-state index contributed by atoms with van der Waals surface area (Å²) in [6, 6.07) is 32.9. The number of aryl methyl sites for hydroxylation is 2. The monoisotopic (exact) mass is 512 g/mol. The minimum absolute atomic E-state index is 0.0253. The SMILES string of the molecule is Cc1c2ccccc2c(-c2ccc3c4c5c(ccc24)CCCC5=CC3)c2cc3c(cc12)-c1ccccc1C3(C)C. The summed E-state index contributed by atoms with van der Waals surface area (Å²) >= 11 is 0. The van der Waals surface area contributed by atoms with Gasteiger partial charge in [-0.1, -0.05) is 92.7 Å². The van der Waals surface area contributed by atoms with Crippen LogP contribution in [0.5, 0.6) is 0 Å². The molecule has 6 aromatic carbocycles. The normalized spacial score (nSPS) is 16.3. The van der Waals surface area contributed by atoms with E-state index < -0.39 is 0 Å². The van der Waals surface area contributed by atoms with Gasteiger partial charge < -0.3 is 0 Å². The Labute approximate surface area is 236 Å². The molecule has 0 N–H and O–H groups in total. The van der Waals surface area contributed by atoms with Crippen molar-refractivity contribution in [1.82, 2.24) is 0 Å². The Balaban J connectivity index is 1.45. The minimum Gasteiger partial charge on any atom is -0.0763 e. The number of hydrogen-bond donors (Lipinski definition) is 0. The molecule has 9 rings (SSSR count). The van der Waals surface area contributed by atoms with Gasteiger partial charge in [-0.25, -0.2) is 0 Å². The molecule has 0 amide bonds. The highest BCUT2D eigenvalue weighted by atomic mass is 14.4. The summed E-state index contributed by atoms with van der Waals surface area (Å²) in [5.41, 5.74) is 15.9. The predicted molar refractivity (Wildman–Crippen MR) is 171 cm³/mol. The molecule has 192 valence electrons. The van der Waals surface area contributed by atoms with E-state index in [0.717, 1.165) is 6.42 Å². The molecule has 0 radical (unpaired) electrons. The zero-order valence-electron chi connectivity index (χ0n) is 23.5. The maximum absolute atomic E-state index is 2.55. The van der Waals surface area contributed by atoms with Crippen LogP contribution < -0.4 is 0 Å². The van der Waals surface area contributed by atoms with Gasteiger partial charge in [-0.3, -0.25) is 0 Å². The Morgan fingerprint density at radius 3 is 2.27 bits per heavy atom. The zero-order valence-corrected chi connectivity index (χ0v) is 23.5. The van der Waals surface area contributed by atoms with E-state index in [1.54, 1.807) is 16.7 Å². The van der Waals surface area contributed by atoms with Crippen LogP contribution in [0.15, 0.2) is 91.0 Å². The van der Waals surface area contributed by atoms with E-state index in [0.29, 0.717) is 0 Å². The van der Waals surface area contributed by atoms with E-state index in [1.807, 2.05) is 0 Å². The molecular weight excluding hydrogens is 480 g/mol. The summed E-state index contributed by atoms with van der Waals surface area (Å²) in [6.07, 6.45) is 7.24. The fourth-order valence-corrected chi connectivity index (χ4v) is 8.43. The molecule has 40 heavy (non-hydrogen) atoms. The van der Waals surface area contributed by atoms with Gasteiger partial charge in [-0.15, -0.1) is 0 Å². The van der Waals surface area contributed by atoms with Crippen molar-refractivity contribution in [2.24, 2.45) is 0 Å². The first kappa shape index (κ1) is 22.6. The lowest BCUT2D eigenvalue weighted by Crippen LogP contribution is -2.14. The molecule has 0 heterocycles. The highest BCUT2D eigenvalue weighted by Crippen LogP contribution is 2.53. The molecule has 3 aliphatic carbocycles. The van der Waals surface area contributed by atoms with Crippen LogP contribution in [-0.4, -0.2) is 0 Å². The molecule has 0 bridgehead atoms. The smallest absolute Gasteiger partial charge is 0.0159 e. The first-order valence-electron chi connectivity index (χ1n) is 14.9. The number of hydrogen-bond acceptors (Lipinski definition) is 0. The van der Waals surface area contributed by atoms with Gasteiger partial charge >= 0.3 is 0 Å². The first-order valence-corrected chi connectivity index (χ1v) is 14.9. The number of rotatable bonds is 1. The minimum atomic E-state index is -0.0253. The second-order valence-electron chi connectivity index (χ2n) is 12.7. The van der Waals surface area contributed by atoms with Gasteiger partial charge in [0, 0.05) is 5.41 Å². The van der Waals surface area contributed by atoms with Gasteiger partial charge in [0.1, 0.15) is 0 Å². The van der Waals surface area contributed by atoms with Crippen LogP contribution in [0.2, 0.25) is 0 Å². The summed E-state index contributed by atoms with van der Waals surface area (Å²) in [5, 5.41) is 8.41. The van der Waals surface area contributed by atoms with Crippen molar-refractivity contribution >= 4 is 37.9 Å². The van der Waals surface area contributed by atoms with Gasteiger partial charge in [-0.2, -0.15) is 0 Å². The van der Waals surface area contributed by atoms with Crippen molar-refractivity contribution in [3.05, 3.63) is 124 Å². The quantitative estimate of drug-likeness (QED) is 0.192. The van der Waals surface area contributed by atoms with Crippen LogP contribution in [0.25, 0.3) is 60.1 Å². The first-order chi connectivity index (χ1) is 19.5. The van der Waals surface area contributed by atoms with Crippen molar-refractivity contribution in [1.29, 1.82) is 0 Å². The fourth-order valence-electron chi connectivity index (χ4n) is 8.43. The Morgan fingerprint density at radius 1 is 0.575 bits per heavy atom. The number of benzene rings is 6. The Morgan fingerprint density at radius 2 is 1.38 bits per heavy atom. The van der Waals surface area contributed by atoms with Crippen LogP contribution in [0.4, 0.5) is 0 Å². The predicted octanol–water partition coefficient (Wildman–Crippen LogP) is 10.7. The van der Waals surface area contributed by atoms with E-state index in [9.17, 15) is 0 Å². The largest absolute Gasteiger partial charge is 0.0763 e. The van der Waals surface area contributed by atoms with Crippen molar-refractivity contribution < 1.29 is 0 Å². The van der Waals surface area contributed by atoms with Crippen LogP contribution in [0, 0.1) is 6.92 Å². The Hall–Kier alpha value is -4.16. The van der Waals surface area contributed by atoms with E-state index in [1.165, 1.54) is 96.1 Å². The standard InChI is InChI=1S/C40H32/c1-23-27-11-4-5-13-29(27)39(34-22-36-33(21-32(23)34)28-12-6-7-14-35(28)40(36,2)3)31-20-18-26-16-15-24-9-8-10-25-17-19-30(31)38(26)37(24)25/h4-7,11-15,17-22H,8-10,16H2,1-3H3. The molecule has 0 aliphatic heterocycles. The lowest BCUT2D eigenvalue weighted by atomic mass is 9.76. The van der Waals surface area contributed by atoms with Crippen LogP contribution in [0.3, 0.4) is 0 Å². The Kier molecular flexibility index (Phi) is 4.37. The Bertz CT molecular complexity index is 2130. The summed E-state index contributed by atoms with van der Waals surface area (Å²) in [7, 11) is 0. The van der Waals surface area contributed by atoms with Crippen molar-refractivity contribution in [2.75, 3.05) is 0 Å². The van der Waals surface area contributed by atoms with E-state index in [2.05, 4.69) is 112 Å². The molecule has 6 aromatic rings. The van der Waals surface area contributed by atoms with Crippen LogP contribution in [-0.2, 0) is 18.3 Å². The maximum atomic E-state index is 2.55. The van der Waals surface area contributed by atoms with Crippen molar-refractivity contribution in [3.8, 4) is 22.3 Å². The lowest BCUT2D eigenvalue weighted by Gasteiger charge is -2.28. The molecule has 3 aliphatic rings. The highest BCUT2D eigenvalue weighted by molar-refractivity contribution is 6.20. The molecule has 0 saturated carbocycles. The average molecular weight is 513 g/mol. The maximum Gasteiger partial charge on any atom is 0.0159 e. The third-order valence-corrected chi connectivity index (χ3v) is 10.4. The molecule has 0 spiro atoms. The molecule has 0 unspecified atom stereocenters. The van der Waals surface area contributed by atoms with E-state index in [4.69, 9.17) is 0 Å². The fraction of sp³-hybridized carbons (Fsp3) is 0.200. The van der Waals surface area contributed by atoms with Gasteiger partial charge in [0.15, 0.2) is 0 Å². The third-order valence-electron chi connectivity index (χ3n) is 10.4. The van der Waals surface area contributed by atoms with Gasteiger partial charge in [0.2, 0.25) is 0 Å². The molecule has 0 fully saturated rings. The van der Waals surface area contributed by atoms with E-state index in [-0.39, 0.29) is 5.41 Å².